The molecule has 7 heteroatoms. The Morgan fingerprint density at radius 2 is 1.07 bits per heavy atom. The summed E-state index contributed by atoms with van der Waals surface area (Å²) in [6, 6.07) is 46.0. The maximum Gasteiger partial charge on any atom is 0.284 e. The minimum atomic E-state index is -0.353. The molecule has 0 fully saturated rings. The molecule has 4 aromatic heterocycles. The van der Waals surface area contributed by atoms with Crippen LogP contribution in [-0.2, 0) is 0 Å². The van der Waals surface area contributed by atoms with Crippen LogP contribution in [0, 0.1) is 0 Å². The number of hydrogen-bond donors (Lipinski definition) is 0. The maximum atomic E-state index is 14.6. The lowest BCUT2D eigenvalue weighted by atomic mass is 9.93. The molecule has 0 aliphatic rings. The van der Waals surface area contributed by atoms with Crippen LogP contribution in [0.25, 0.3) is 77.6 Å². The fraction of sp³-hybridized carbons (Fsp3) is 0. The van der Waals surface area contributed by atoms with Crippen LogP contribution < -0.4 is 11.1 Å². The third-order valence-corrected chi connectivity index (χ3v) is 9.17. The largest absolute Gasteiger partial charge is 0.284 e. The second-order valence-electron chi connectivity index (χ2n) is 11.6. The van der Waals surface area contributed by atoms with Crippen molar-refractivity contribution in [2.24, 2.45) is 0 Å². The lowest BCUT2D eigenvalue weighted by molar-refractivity contribution is 0.841. The molecule has 0 aliphatic heterocycles. The average Bonchev–Trinajstić information content (AvgIpc) is 3.82. The van der Waals surface area contributed by atoms with Crippen molar-refractivity contribution in [2.75, 3.05) is 0 Å². The van der Waals surface area contributed by atoms with Gasteiger partial charge in [-0.05, 0) is 64.7 Å². The van der Waals surface area contributed by atoms with Gasteiger partial charge in [0.15, 0.2) is 0 Å². The van der Waals surface area contributed by atoms with Crippen molar-refractivity contribution < 1.29 is 0 Å². The first-order valence-electron chi connectivity index (χ1n) is 15.2. The fourth-order valence-corrected chi connectivity index (χ4v) is 7.27. The first-order valence-corrected chi connectivity index (χ1v) is 15.2. The maximum absolute atomic E-state index is 14.6. The first-order chi connectivity index (χ1) is 22.7. The summed E-state index contributed by atoms with van der Waals surface area (Å²) in [6.07, 6.45) is 0. The number of rotatable bonds is 3. The van der Waals surface area contributed by atoms with E-state index < -0.39 is 0 Å². The van der Waals surface area contributed by atoms with E-state index in [0.29, 0.717) is 27.6 Å². The van der Waals surface area contributed by atoms with E-state index in [0.717, 1.165) is 50.0 Å². The van der Waals surface area contributed by atoms with Gasteiger partial charge in [-0.1, -0.05) is 97.1 Å². The van der Waals surface area contributed by atoms with Crippen LogP contribution in [0.4, 0.5) is 0 Å². The monoisotopic (exact) mass is 593 g/mol. The zero-order valence-corrected chi connectivity index (χ0v) is 24.3. The molecule has 0 radical (unpaired) electrons. The van der Waals surface area contributed by atoms with Gasteiger partial charge in [0.05, 0.1) is 43.9 Å². The number of fused-ring (bicyclic) bond motifs is 11. The van der Waals surface area contributed by atoms with Gasteiger partial charge >= 0.3 is 0 Å². The van der Waals surface area contributed by atoms with E-state index >= 15 is 0 Å². The quantitative estimate of drug-likeness (QED) is 0.212. The van der Waals surface area contributed by atoms with Gasteiger partial charge in [0, 0.05) is 5.69 Å². The molecular formula is C39H23N5O2. The number of para-hydroxylation sites is 3. The van der Waals surface area contributed by atoms with Crippen LogP contribution in [0.2, 0.25) is 0 Å². The van der Waals surface area contributed by atoms with Crippen molar-refractivity contribution in [3.63, 3.8) is 0 Å². The Balaban J connectivity index is 1.35. The van der Waals surface area contributed by atoms with Crippen molar-refractivity contribution in [1.82, 2.24) is 23.0 Å². The summed E-state index contributed by atoms with van der Waals surface area (Å²) in [5.74, 6) is 0.706. The van der Waals surface area contributed by atoms with Crippen LogP contribution >= 0.6 is 0 Å². The van der Waals surface area contributed by atoms with Gasteiger partial charge in [0.2, 0.25) is 5.78 Å². The Labute approximate surface area is 260 Å². The molecule has 0 aliphatic carbocycles. The van der Waals surface area contributed by atoms with Gasteiger partial charge in [0.25, 0.3) is 11.1 Å². The highest BCUT2D eigenvalue weighted by Gasteiger charge is 2.26. The van der Waals surface area contributed by atoms with Crippen LogP contribution in [0.1, 0.15) is 0 Å². The molecule has 0 amide bonds. The van der Waals surface area contributed by atoms with Crippen molar-refractivity contribution >= 4 is 49.7 Å². The van der Waals surface area contributed by atoms with Crippen molar-refractivity contribution in [3.8, 4) is 27.9 Å². The molecule has 10 rings (SSSR count). The van der Waals surface area contributed by atoms with E-state index in [2.05, 4.69) is 27.2 Å². The minimum Gasteiger partial charge on any atom is -0.278 e. The molecule has 0 bridgehead atoms. The van der Waals surface area contributed by atoms with Gasteiger partial charge in [-0.15, -0.1) is 0 Å². The third kappa shape index (κ3) is 3.13. The second kappa shape index (κ2) is 9.03. The molecule has 0 saturated carbocycles. The zero-order chi connectivity index (χ0) is 30.5. The van der Waals surface area contributed by atoms with Gasteiger partial charge in [-0.3, -0.25) is 18.6 Å². The zero-order valence-electron chi connectivity index (χ0n) is 24.3. The Bertz CT molecular complexity index is 2950. The average molecular weight is 594 g/mol. The summed E-state index contributed by atoms with van der Waals surface area (Å²) < 4.78 is 7.22. The normalized spacial score (nSPS) is 12.1. The summed E-state index contributed by atoms with van der Waals surface area (Å²) >= 11 is 0. The van der Waals surface area contributed by atoms with E-state index in [1.54, 1.807) is 4.52 Å². The minimum absolute atomic E-state index is 0.336. The molecule has 0 atom stereocenters. The molecule has 4 heterocycles. The standard InChI is InChI=1S/C39H23N5O2/c45-37-34-28(27-17-8-7-16-26(27)24-12-3-1-4-13-24)18-11-21-31(34)43-32-22-23-33-36(35(32)38(46)44(37)43)42-30-20-10-9-19-29(30)40-39(42)41(33)25-14-5-2-6-15-25/h1-23H. The molecule has 0 N–H and O–H groups in total. The van der Waals surface area contributed by atoms with E-state index in [9.17, 15) is 9.59 Å². The van der Waals surface area contributed by atoms with E-state index in [1.165, 1.54) is 4.52 Å². The number of hydrogen-bond acceptors (Lipinski definition) is 3. The number of aromatic nitrogens is 5. The summed E-state index contributed by atoms with van der Waals surface area (Å²) in [7, 11) is 0. The van der Waals surface area contributed by atoms with E-state index in [1.807, 2.05) is 121 Å². The lowest BCUT2D eigenvalue weighted by Crippen LogP contribution is -2.21. The van der Waals surface area contributed by atoms with Gasteiger partial charge < -0.3 is 0 Å². The molecule has 0 unspecified atom stereocenters. The summed E-state index contributed by atoms with van der Waals surface area (Å²) in [4.78, 5) is 34.0. The predicted molar refractivity (Wildman–Crippen MR) is 184 cm³/mol. The van der Waals surface area contributed by atoms with Gasteiger partial charge in [-0.2, -0.15) is 4.52 Å². The van der Waals surface area contributed by atoms with Crippen molar-refractivity contribution in [2.45, 2.75) is 0 Å². The lowest BCUT2D eigenvalue weighted by Gasteiger charge is -2.11. The summed E-state index contributed by atoms with van der Waals surface area (Å²) in [6.45, 7) is 0. The van der Waals surface area contributed by atoms with Crippen LogP contribution in [0.3, 0.4) is 0 Å². The Morgan fingerprint density at radius 3 is 1.89 bits per heavy atom. The first kappa shape index (κ1) is 24.9. The SMILES string of the molecule is O=c1c2c(-c3ccccc3-c3ccccc3)cccc2n2c3ccc4c(c3c(=O)n12)n1c2ccccc2nc1n4-c1ccccc1. The number of benzene rings is 6. The van der Waals surface area contributed by atoms with Crippen molar-refractivity contribution in [3.05, 3.63) is 160 Å². The molecule has 6 aromatic carbocycles. The number of nitrogens with zero attached hydrogens (tertiary/aromatic N) is 5. The van der Waals surface area contributed by atoms with Crippen LogP contribution in [-0.4, -0.2) is 23.0 Å². The summed E-state index contributed by atoms with van der Waals surface area (Å²) in [5, 5.41) is 1.000. The highest BCUT2D eigenvalue weighted by Crippen LogP contribution is 2.37. The van der Waals surface area contributed by atoms with E-state index in [4.69, 9.17) is 4.98 Å². The molecular weight excluding hydrogens is 570 g/mol. The molecule has 216 valence electrons. The van der Waals surface area contributed by atoms with Crippen LogP contribution in [0.5, 0.6) is 0 Å². The Kier molecular flexibility index (Phi) is 4.89. The second-order valence-corrected chi connectivity index (χ2v) is 11.6. The van der Waals surface area contributed by atoms with Crippen LogP contribution in [0.15, 0.2) is 149 Å². The highest BCUT2D eigenvalue weighted by molar-refractivity contribution is 6.09. The third-order valence-electron chi connectivity index (χ3n) is 9.17. The summed E-state index contributed by atoms with van der Waals surface area (Å²) in [5.41, 5.74) is 8.72. The molecule has 0 saturated heterocycles. The smallest absolute Gasteiger partial charge is 0.278 e. The fourth-order valence-electron chi connectivity index (χ4n) is 7.27. The molecule has 0 spiro atoms. The molecule has 10 aromatic rings. The number of imidazole rings is 2. The highest BCUT2D eigenvalue weighted by atomic mass is 16.2. The van der Waals surface area contributed by atoms with Gasteiger partial charge in [-0.25, -0.2) is 9.50 Å². The Hall–Kier alpha value is -6.47. The van der Waals surface area contributed by atoms with Crippen molar-refractivity contribution in [1.29, 1.82) is 0 Å². The van der Waals surface area contributed by atoms with Gasteiger partial charge in [0.1, 0.15) is 0 Å². The topological polar surface area (TPSA) is 65.2 Å². The Morgan fingerprint density at radius 1 is 0.457 bits per heavy atom. The molecule has 7 nitrogen and oxygen atoms in total. The molecule has 46 heavy (non-hydrogen) atoms. The van der Waals surface area contributed by atoms with E-state index in [-0.39, 0.29) is 11.1 Å². The predicted octanol–water partition coefficient (Wildman–Crippen LogP) is 7.58.